The van der Waals surface area contributed by atoms with E-state index in [9.17, 15) is 0 Å². The topological polar surface area (TPSA) is 26.0 Å². The monoisotopic (exact) mass is 197 g/mol. The number of nitrogens with two attached hydrogens (primary N) is 1. The van der Waals surface area contributed by atoms with Crippen LogP contribution in [0.2, 0.25) is 0 Å². The van der Waals surface area contributed by atoms with Crippen LogP contribution in [0.4, 0.5) is 0 Å². The summed E-state index contributed by atoms with van der Waals surface area (Å²) in [5.41, 5.74) is 6.52. The van der Waals surface area contributed by atoms with Crippen molar-refractivity contribution in [1.82, 2.24) is 0 Å². The lowest BCUT2D eigenvalue weighted by Gasteiger charge is -2.31. The maximum atomic E-state index is 5.99. The first-order valence-electron chi connectivity index (χ1n) is 6.53. The van der Waals surface area contributed by atoms with Gasteiger partial charge in [0.1, 0.15) is 0 Å². The Labute approximate surface area is 89.5 Å². The van der Waals surface area contributed by atoms with Crippen LogP contribution in [-0.4, -0.2) is 6.54 Å². The third-order valence-electron chi connectivity index (χ3n) is 3.91. The number of rotatable bonds is 5. The van der Waals surface area contributed by atoms with Gasteiger partial charge in [0.25, 0.3) is 0 Å². The molecule has 1 aliphatic rings. The number of hydrogen-bond donors (Lipinski definition) is 1. The maximum Gasteiger partial charge on any atom is -0.00205 e. The van der Waals surface area contributed by atoms with Gasteiger partial charge in [-0.15, -0.1) is 0 Å². The molecule has 0 heterocycles. The van der Waals surface area contributed by atoms with Gasteiger partial charge in [-0.25, -0.2) is 0 Å². The smallest absolute Gasteiger partial charge is 0.00205 e. The standard InChI is InChI=1S/C13H27N/c1-2-3-6-9-13(12-14)10-7-4-5-8-11-13/h2-12,14H2,1H3. The molecule has 1 saturated carbocycles. The molecule has 84 valence electrons. The third-order valence-corrected chi connectivity index (χ3v) is 3.91. The molecule has 0 aromatic rings. The molecule has 0 aromatic carbocycles. The molecule has 1 heteroatoms. The van der Waals surface area contributed by atoms with E-state index < -0.39 is 0 Å². The summed E-state index contributed by atoms with van der Waals surface area (Å²) in [4.78, 5) is 0. The molecule has 0 aliphatic heterocycles. The summed E-state index contributed by atoms with van der Waals surface area (Å²) in [6.45, 7) is 3.21. The molecule has 2 N–H and O–H groups in total. The minimum Gasteiger partial charge on any atom is -0.330 e. The van der Waals surface area contributed by atoms with Crippen molar-refractivity contribution in [3.8, 4) is 0 Å². The van der Waals surface area contributed by atoms with E-state index in [-0.39, 0.29) is 0 Å². The van der Waals surface area contributed by atoms with Crippen LogP contribution in [0.3, 0.4) is 0 Å². The summed E-state index contributed by atoms with van der Waals surface area (Å²) in [7, 11) is 0. The lowest BCUT2D eigenvalue weighted by molar-refractivity contribution is 0.225. The van der Waals surface area contributed by atoms with Crippen molar-refractivity contribution >= 4 is 0 Å². The Morgan fingerprint density at radius 1 is 1.00 bits per heavy atom. The lowest BCUT2D eigenvalue weighted by Crippen LogP contribution is -2.30. The van der Waals surface area contributed by atoms with Crippen LogP contribution in [0, 0.1) is 5.41 Å². The predicted molar refractivity (Wildman–Crippen MR) is 63.3 cm³/mol. The second-order valence-electron chi connectivity index (χ2n) is 5.08. The summed E-state index contributed by atoms with van der Waals surface area (Å²) in [6, 6.07) is 0. The SMILES string of the molecule is CCCCCC1(CN)CCCCCC1. The van der Waals surface area contributed by atoms with Crippen LogP contribution in [0.25, 0.3) is 0 Å². The Bertz CT molecular complexity index is 134. The summed E-state index contributed by atoms with van der Waals surface area (Å²) >= 11 is 0. The Kier molecular flexibility index (Phi) is 5.54. The predicted octanol–water partition coefficient (Wildman–Crippen LogP) is 3.87. The summed E-state index contributed by atoms with van der Waals surface area (Å²) in [5.74, 6) is 0. The van der Waals surface area contributed by atoms with Gasteiger partial charge >= 0.3 is 0 Å². The fourth-order valence-corrected chi connectivity index (χ4v) is 2.78. The average molecular weight is 197 g/mol. The molecule has 0 aromatic heterocycles. The molecule has 1 aliphatic carbocycles. The van der Waals surface area contributed by atoms with Crippen molar-refractivity contribution in [3.63, 3.8) is 0 Å². The fraction of sp³-hybridized carbons (Fsp3) is 1.00. The van der Waals surface area contributed by atoms with Gasteiger partial charge in [-0.05, 0) is 31.2 Å². The Balaban J connectivity index is 2.37. The molecule has 0 saturated heterocycles. The molecule has 0 spiro atoms. The first kappa shape index (κ1) is 12.0. The van der Waals surface area contributed by atoms with Gasteiger partial charge in [0, 0.05) is 0 Å². The van der Waals surface area contributed by atoms with Crippen molar-refractivity contribution in [2.24, 2.45) is 11.1 Å². The highest BCUT2D eigenvalue weighted by Crippen LogP contribution is 2.38. The number of hydrogen-bond acceptors (Lipinski definition) is 1. The molecule has 14 heavy (non-hydrogen) atoms. The van der Waals surface area contributed by atoms with Crippen LogP contribution in [0.1, 0.15) is 71.1 Å². The normalized spacial score (nSPS) is 21.9. The first-order chi connectivity index (χ1) is 6.83. The molecule has 1 nitrogen and oxygen atoms in total. The quantitative estimate of drug-likeness (QED) is 0.525. The molecule has 0 amide bonds. The van der Waals surface area contributed by atoms with Crippen LogP contribution < -0.4 is 5.73 Å². The Morgan fingerprint density at radius 3 is 2.14 bits per heavy atom. The molecule has 1 fully saturated rings. The van der Waals surface area contributed by atoms with Crippen molar-refractivity contribution in [3.05, 3.63) is 0 Å². The van der Waals surface area contributed by atoms with Gasteiger partial charge < -0.3 is 5.73 Å². The van der Waals surface area contributed by atoms with E-state index in [1.54, 1.807) is 0 Å². The van der Waals surface area contributed by atoms with Crippen LogP contribution in [0.5, 0.6) is 0 Å². The van der Waals surface area contributed by atoms with E-state index in [1.807, 2.05) is 0 Å². The lowest BCUT2D eigenvalue weighted by atomic mass is 9.76. The van der Waals surface area contributed by atoms with Gasteiger partial charge in [-0.3, -0.25) is 0 Å². The Morgan fingerprint density at radius 2 is 1.64 bits per heavy atom. The zero-order valence-corrected chi connectivity index (χ0v) is 9.86. The van der Waals surface area contributed by atoms with Gasteiger partial charge in [0.15, 0.2) is 0 Å². The summed E-state index contributed by atoms with van der Waals surface area (Å²) in [5, 5.41) is 0. The van der Waals surface area contributed by atoms with E-state index in [2.05, 4.69) is 6.92 Å². The van der Waals surface area contributed by atoms with Crippen LogP contribution >= 0.6 is 0 Å². The zero-order valence-electron chi connectivity index (χ0n) is 9.86. The van der Waals surface area contributed by atoms with Gasteiger partial charge in [-0.2, -0.15) is 0 Å². The minimum absolute atomic E-state index is 0.533. The largest absolute Gasteiger partial charge is 0.330 e. The second-order valence-corrected chi connectivity index (χ2v) is 5.08. The maximum absolute atomic E-state index is 5.99. The average Bonchev–Trinajstić information content (AvgIpc) is 2.45. The molecule has 0 unspecified atom stereocenters. The van der Waals surface area contributed by atoms with E-state index in [4.69, 9.17) is 5.73 Å². The van der Waals surface area contributed by atoms with Crippen LogP contribution in [0.15, 0.2) is 0 Å². The van der Waals surface area contributed by atoms with Gasteiger partial charge in [0.2, 0.25) is 0 Å². The zero-order chi connectivity index (χ0) is 10.3. The minimum atomic E-state index is 0.533. The van der Waals surface area contributed by atoms with Gasteiger partial charge in [-0.1, -0.05) is 51.9 Å². The van der Waals surface area contributed by atoms with E-state index in [0.29, 0.717) is 5.41 Å². The van der Waals surface area contributed by atoms with Crippen molar-refractivity contribution in [1.29, 1.82) is 0 Å². The molecule has 0 radical (unpaired) electrons. The molecular formula is C13H27N. The van der Waals surface area contributed by atoms with Gasteiger partial charge in [0.05, 0.1) is 0 Å². The van der Waals surface area contributed by atoms with E-state index in [1.165, 1.54) is 64.2 Å². The highest BCUT2D eigenvalue weighted by molar-refractivity contribution is 4.82. The third kappa shape index (κ3) is 3.61. The van der Waals surface area contributed by atoms with E-state index in [0.717, 1.165) is 6.54 Å². The number of unbranched alkanes of at least 4 members (excludes halogenated alkanes) is 2. The highest BCUT2D eigenvalue weighted by Gasteiger charge is 2.28. The first-order valence-corrected chi connectivity index (χ1v) is 6.53. The molecule has 1 rings (SSSR count). The van der Waals surface area contributed by atoms with E-state index >= 15 is 0 Å². The Hall–Kier alpha value is -0.0400. The molecular weight excluding hydrogens is 170 g/mol. The highest BCUT2D eigenvalue weighted by atomic mass is 14.6. The van der Waals surface area contributed by atoms with Crippen molar-refractivity contribution in [2.75, 3.05) is 6.54 Å². The van der Waals surface area contributed by atoms with Crippen molar-refractivity contribution < 1.29 is 0 Å². The second kappa shape index (κ2) is 6.44. The fourth-order valence-electron chi connectivity index (χ4n) is 2.78. The van der Waals surface area contributed by atoms with Crippen LogP contribution in [-0.2, 0) is 0 Å². The molecule has 0 bridgehead atoms. The molecule has 0 atom stereocenters. The van der Waals surface area contributed by atoms with Crippen molar-refractivity contribution in [2.45, 2.75) is 71.1 Å². The summed E-state index contributed by atoms with van der Waals surface area (Å²) in [6.07, 6.45) is 14.0. The summed E-state index contributed by atoms with van der Waals surface area (Å²) < 4.78 is 0.